The summed E-state index contributed by atoms with van der Waals surface area (Å²) in [5.74, 6) is -3.31. The van der Waals surface area contributed by atoms with Crippen LogP contribution in [0.15, 0.2) is 65.3 Å². The maximum absolute atomic E-state index is 13.4. The van der Waals surface area contributed by atoms with Crippen LogP contribution in [-0.4, -0.2) is 24.1 Å². The number of carbonyl (C=O) groups excluding carboxylic acids is 3. The molecule has 1 atom stereocenters. The molecule has 0 radical (unpaired) electrons. The molecule has 1 heterocycles. The first-order chi connectivity index (χ1) is 14.3. The summed E-state index contributed by atoms with van der Waals surface area (Å²) >= 11 is 12.4. The summed E-state index contributed by atoms with van der Waals surface area (Å²) in [6, 6.07) is 11.0. The van der Waals surface area contributed by atoms with Crippen LogP contribution in [0.4, 0.5) is 0 Å². The van der Waals surface area contributed by atoms with Gasteiger partial charge in [0.05, 0.1) is 18.1 Å². The largest absolute Gasteiger partial charge is 0.462 e. The van der Waals surface area contributed by atoms with Crippen molar-refractivity contribution >= 4 is 40.7 Å². The molecule has 0 amide bonds. The maximum Gasteiger partial charge on any atom is 0.340 e. The van der Waals surface area contributed by atoms with Crippen molar-refractivity contribution in [2.75, 3.05) is 6.61 Å². The molecular formula is C22H15Cl2NO5. The molecule has 6 nitrogen and oxygen atoms in total. The Morgan fingerprint density at radius 2 is 1.77 bits per heavy atom. The van der Waals surface area contributed by atoms with E-state index in [4.69, 9.17) is 38.4 Å². The van der Waals surface area contributed by atoms with E-state index in [1.54, 1.807) is 37.3 Å². The van der Waals surface area contributed by atoms with Gasteiger partial charge in [-0.15, -0.1) is 0 Å². The van der Waals surface area contributed by atoms with Gasteiger partial charge in [-0.3, -0.25) is 9.59 Å². The quantitative estimate of drug-likeness (QED) is 0.714. The van der Waals surface area contributed by atoms with Crippen LogP contribution < -0.4 is 5.73 Å². The van der Waals surface area contributed by atoms with Crippen LogP contribution in [0.1, 0.15) is 39.1 Å². The first kappa shape index (κ1) is 20.2. The summed E-state index contributed by atoms with van der Waals surface area (Å²) in [5, 5.41) is 0.575. The van der Waals surface area contributed by atoms with E-state index in [9.17, 15) is 14.4 Å². The van der Waals surface area contributed by atoms with Crippen molar-refractivity contribution in [1.82, 2.24) is 0 Å². The molecule has 1 aliphatic carbocycles. The first-order valence-electron chi connectivity index (χ1n) is 9.07. The van der Waals surface area contributed by atoms with Crippen LogP contribution >= 0.6 is 23.2 Å². The third-order valence-corrected chi connectivity index (χ3v) is 5.50. The molecule has 0 saturated carbocycles. The molecule has 0 spiro atoms. The number of rotatable bonds is 3. The Morgan fingerprint density at radius 1 is 1.10 bits per heavy atom. The van der Waals surface area contributed by atoms with Crippen molar-refractivity contribution in [3.63, 3.8) is 0 Å². The monoisotopic (exact) mass is 443 g/mol. The van der Waals surface area contributed by atoms with Gasteiger partial charge in [0.15, 0.2) is 11.5 Å². The summed E-state index contributed by atoms with van der Waals surface area (Å²) in [5.41, 5.74) is 6.72. The second-order valence-electron chi connectivity index (χ2n) is 6.65. The number of esters is 1. The second kappa shape index (κ2) is 7.63. The van der Waals surface area contributed by atoms with Crippen molar-refractivity contribution in [2.45, 2.75) is 12.8 Å². The molecule has 0 aromatic heterocycles. The van der Waals surface area contributed by atoms with Gasteiger partial charge in [-0.2, -0.15) is 0 Å². The lowest BCUT2D eigenvalue weighted by atomic mass is 9.75. The number of ether oxygens (including phenoxy) is 2. The van der Waals surface area contributed by atoms with Crippen LogP contribution in [0.2, 0.25) is 10.0 Å². The molecular weight excluding hydrogens is 429 g/mol. The lowest BCUT2D eigenvalue weighted by molar-refractivity contribution is -0.139. The van der Waals surface area contributed by atoms with E-state index < -0.39 is 23.5 Å². The van der Waals surface area contributed by atoms with Crippen molar-refractivity contribution in [1.29, 1.82) is 0 Å². The van der Waals surface area contributed by atoms with Crippen molar-refractivity contribution < 1.29 is 23.9 Å². The Labute approximate surface area is 181 Å². The number of carbonyl (C=O) groups is 3. The highest BCUT2D eigenvalue weighted by atomic mass is 35.5. The lowest BCUT2D eigenvalue weighted by Crippen LogP contribution is -2.35. The van der Waals surface area contributed by atoms with Gasteiger partial charge < -0.3 is 15.2 Å². The van der Waals surface area contributed by atoms with Crippen LogP contribution in [0.5, 0.6) is 0 Å². The van der Waals surface area contributed by atoms with Gasteiger partial charge in [-0.05, 0) is 24.6 Å². The highest BCUT2D eigenvalue weighted by Crippen LogP contribution is 2.46. The Bertz CT molecular complexity index is 1180. The zero-order valence-corrected chi connectivity index (χ0v) is 17.2. The predicted molar refractivity (Wildman–Crippen MR) is 110 cm³/mol. The number of ketones is 2. The number of fused-ring (bicyclic) bond motifs is 1. The van der Waals surface area contributed by atoms with E-state index >= 15 is 0 Å². The standard InChI is InChI=1S/C22H15Cl2NO5/c1-2-29-22(28)17-15(13-8-7-10(23)9-14(13)24)16-18(26)11-5-3-4-6-12(11)19(27)20(16)30-21(17)25/h3-9,15H,2,25H2,1H3. The molecule has 0 fully saturated rings. The number of Topliss-reactive ketones (excluding diaryl/α,β-unsaturated/α-hetero) is 2. The summed E-state index contributed by atoms with van der Waals surface area (Å²) in [6.45, 7) is 1.72. The summed E-state index contributed by atoms with van der Waals surface area (Å²) in [6.07, 6.45) is 0. The molecule has 2 aliphatic rings. The van der Waals surface area contributed by atoms with Gasteiger partial charge in [0.25, 0.3) is 0 Å². The Kier molecular flexibility index (Phi) is 5.13. The van der Waals surface area contributed by atoms with Gasteiger partial charge in [-0.25, -0.2) is 4.79 Å². The number of benzene rings is 2. The molecule has 2 aromatic carbocycles. The Hall–Kier alpha value is -3.09. The minimum absolute atomic E-state index is 0.0137. The van der Waals surface area contributed by atoms with Gasteiger partial charge in [0.1, 0.15) is 5.57 Å². The summed E-state index contributed by atoms with van der Waals surface area (Å²) in [7, 11) is 0. The average Bonchev–Trinajstić information content (AvgIpc) is 2.71. The molecule has 0 saturated heterocycles. The third-order valence-electron chi connectivity index (χ3n) is 4.94. The number of hydrogen-bond acceptors (Lipinski definition) is 6. The van der Waals surface area contributed by atoms with Gasteiger partial charge >= 0.3 is 5.97 Å². The van der Waals surface area contributed by atoms with Crippen molar-refractivity contribution in [3.8, 4) is 0 Å². The fourth-order valence-electron chi connectivity index (χ4n) is 3.66. The summed E-state index contributed by atoms with van der Waals surface area (Å²) < 4.78 is 10.7. The van der Waals surface area contributed by atoms with Crippen LogP contribution in [0, 0.1) is 0 Å². The summed E-state index contributed by atoms with van der Waals surface area (Å²) in [4.78, 5) is 39.2. The van der Waals surface area contributed by atoms with Crippen LogP contribution in [0.3, 0.4) is 0 Å². The number of halogens is 2. The Morgan fingerprint density at radius 3 is 2.40 bits per heavy atom. The van der Waals surface area contributed by atoms with E-state index in [0.717, 1.165) is 0 Å². The molecule has 30 heavy (non-hydrogen) atoms. The Balaban J connectivity index is 1.99. The molecule has 152 valence electrons. The molecule has 0 bridgehead atoms. The zero-order chi connectivity index (χ0) is 21.6. The predicted octanol–water partition coefficient (Wildman–Crippen LogP) is 4.17. The minimum Gasteiger partial charge on any atom is -0.462 e. The normalized spacial score (nSPS) is 18.0. The lowest BCUT2D eigenvalue weighted by Gasteiger charge is -2.32. The van der Waals surface area contributed by atoms with E-state index in [0.29, 0.717) is 10.6 Å². The molecule has 2 aromatic rings. The van der Waals surface area contributed by atoms with Gasteiger partial charge in [0.2, 0.25) is 11.7 Å². The minimum atomic E-state index is -1.05. The van der Waals surface area contributed by atoms with Crippen molar-refractivity contribution in [2.24, 2.45) is 5.73 Å². The smallest absolute Gasteiger partial charge is 0.340 e. The molecule has 1 aliphatic heterocycles. The molecule has 1 unspecified atom stereocenters. The highest BCUT2D eigenvalue weighted by molar-refractivity contribution is 6.35. The first-order valence-corrected chi connectivity index (χ1v) is 9.82. The highest BCUT2D eigenvalue weighted by Gasteiger charge is 2.46. The number of nitrogens with two attached hydrogens (primary N) is 1. The maximum atomic E-state index is 13.4. The SMILES string of the molecule is CCOC(=O)C1=C(N)OC2=C(C(=O)c3ccccc3C2=O)C1c1ccc(Cl)cc1Cl. The van der Waals surface area contributed by atoms with Crippen LogP contribution in [-0.2, 0) is 14.3 Å². The molecule has 4 rings (SSSR count). The van der Waals surface area contributed by atoms with E-state index in [2.05, 4.69) is 0 Å². The molecule has 8 heteroatoms. The van der Waals surface area contributed by atoms with Gasteiger partial charge in [-0.1, -0.05) is 53.5 Å². The van der Waals surface area contributed by atoms with Gasteiger partial charge in [0, 0.05) is 21.2 Å². The fraction of sp³-hybridized carbons (Fsp3) is 0.136. The third kappa shape index (κ3) is 3.09. The van der Waals surface area contributed by atoms with Crippen LogP contribution in [0.25, 0.3) is 0 Å². The van der Waals surface area contributed by atoms with E-state index in [-0.39, 0.29) is 45.5 Å². The van der Waals surface area contributed by atoms with E-state index in [1.165, 1.54) is 12.1 Å². The number of hydrogen-bond donors (Lipinski definition) is 1. The average molecular weight is 444 g/mol. The number of allylic oxidation sites excluding steroid dienone is 2. The topological polar surface area (TPSA) is 95.7 Å². The fourth-order valence-corrected chi connectivity index (χ4v) is 4.18. The van der Waals surface area contributed by atoms with Crippen molar-refractivity contribution in [3.05, 3.63) is 92.0 Å². The zero-order valence-electron chi connectivity index (χ0n) is 15.7. The molecule has 2 N–H and O–H groups in total. The second-order valence-corrected chi connectivity index (χ2v) is 7.49. The van der Waals surface area contributed by atoms with E-state index in [1.807, 2.05) is 0 Å².